The lowest BCUT2D eigenvalue weighted by Crippen LogP contribution is -2.54. The predicted molar refractivity (Wildman–Crippen MR) is 110 cm³/mol. The number of cyclic esters (lactones) is 1. The number of furan rings is 1. The average Bonchev–Trinajstić information content (AvgIpc) is 3.53. The molecular weight excluding hydrogens is 484 g/mol. The van der Waals surface area contributed by atoms with Gasteiger partial charge in [-0.1, -0.05) is 11.6 Å². The van der Waals surface area contributed by atoms with Crippen molar-refractivity contribution in [3.63, 3.8) is 0 Å². The van der Waals surface area contributed by atoms with Crippen molar-refractivity contribution in [2.75, 3.05) is 26.2 Å². The third-order valence-electron chi connectivity index (χ3n) is 6.01. The van der Waals surface area contributed by atoms with Gasteiger partial charge in [-0.3, -0.25) is 14.1 Å². The molecule has 0 radical (unpaired) electrons. The van der Waals surface area contributed by atoms with Gasteiger partial charge in [0.2, 0.25) is 0 Å². The Morgan fingerprint density at radius 1 is 1.24 bits per heavy atom. The number of carbonyl (C=O) groups is 2. The van der Waals surface area contributed by atoms with E-state index in [9.17, 15) is 27.2 Å². The molecule has 2 atom stereocenters. The van der Waals surface area contributed by atoms with Crippen LogP contribution in [0.2, 0.25) is 5.15 Å². The minimum absolute atomic E-state index is 0.0737. The maximum atomic E-state index is 14.9. The number of hydrogen-bond acceptors (Lipinski definition) is 5. The van der Waals surface area contributed by atoms with Crippen LogP contribution in [0.1, 0.15) is 22.5 Å². The minimum atomic E-state index is -4.78. The highest BCUT2D eigenvalue weighted by molar-refractivity contribution is 6.33. The summed E-state index contributed by atoms with van der Waals surface area (Å²) in [6, 6.07) is 1.64. The lowest BCUT2D eigenvalue weighted by Gasteiger charge is -2.37. The van der Waals surface area contributed by atoms with E-state index in [1.807, 2.05) is 0 Å². The number of alkyl halides is 4. The number of rotatable bonds is 3. The van der Waals surface area contributed by atoms with Crippen molar-refractivity contribution in [2.24, 2.45) is 0 Å². The second-order valence-corrected chi connectivity index (χ2v) is 8.39. The smallest absolute Gasteiger partial charge is 0.420 e. The van der Waals surface area contributed by atoms with Crippen LogP contribution in [-0.4, -0.2) is 69.6 Å². The van der Waals surface area contributed by atoms with Crippen LogP contribution >= 0.6 is 11.6 Å². The maximum Gasteiger partial charge on any atom is 0.420 e. The molecule has 0 N–H and O–H groups in total. The van der Waals surface area contributed by atoms with Crippen LogP contribution in [0.15, 0.2) is 35.3 Å². The molecule has 5 rings (SSSR count). The number of fused-ring (bicyclic) bond motifs is 1. The fraction of sp³-hybridized carbons (Fsp3) is 0.381. The summed E-state index contributed by atoms with van der Waals surface area (Å²) in [7, 11) is 0. The highest BCUT2D eigenvalue weighted by atomic mass is 35.5. The zero-order chi connectivity index (χ0) is 24.2. The number of aromatic nitrogens is 2. The van der Waals surface area contributed by atoms with Gasteiger partial charge in [-0.25, -0.2) is 14.2 Å². The molecule has 2 fully saturated rings. The van der Waals surface area contributed by atoms with Gasteiger partial charge < -0.3 is 14.1 Å². The number of pyridine rings is 1. The largest absolute Gasteiger partial charge is 0.472 e. The first-order chi connectivity index (χ1) is 16.1. The first kappa shape index (κ1) is 22.5. The van der Waals surface area contributed by atoms with Crippen LogP contribution in [-0.2, 0) is 10.9 Å². The molecule has 3 aromatic rings. The van der Waals surface area contributed by atoms with Crippen LogP contribution in [0.4, 0.5) is 22.4 Å². The van der Waals surface area contributed by atoms with Gasteiger partial charge in [0.1, 0.15) is 17.9 Å². The summed E-state index contributed by atoms with van der Waals surface area (Å²) in [6.07, 6.45) is -2.88. The topological polar surface area (TPSA) is 80.3 Å². The van der Waals surface area contributed by atoms with E-state index in [4.69, 9.17) is 20.8 Å². The maximum absolute atomic E-state index is 14.9. The van der Waals surface area contributed by atoms with Crippen molar-refractivity contribution < 1.29 is 36.3 Å². The lowest BCUT2D eigenvalue weighted by atomic mass is 10.0. The van der Waals surface area contributed by atoms with Gasteiger partial charge in [-0.2, -0.15) is 13.2 Å². The van der Waals surface area contributed by atoms with E-state index in [2.05, 4.69) is 4.98 Å². The quantitative estimate of drug-likeness (QED) is 0.502. The summed E-state index contributed by atoms with van der Waals surface area (Å²) in [4.78, 5) is 31.2. The Morgan fingerprint density at radius 3 is 2.65 bits per heavy atom. The molecule has 8 nitrogen and oxygen atoms in total. The Morgan fingerprint density at radius 2 is 2.03 bits per heavy atom. The SMILES string of the molecule is O=C(c1nc2c(C(F)(F)F)cc(-c3ccoc3)cn2c1Cl)N1CCC(N2CCOC2=O)C(F)C1. The van der Waals surface area contributed by atoms with Crippen LogP contribution in [0.5, 0.6) is 0 Å². The summed E-state index contributed by atoms with van der Waals surface area (Å²) >= 11 is 6.31. The van der Waals surface area contributed by atoms with Crippen molar-refractivity contribution >= 4 is 29.2 Å². The molecule has 2 aliphatic heterocycles. The molecule has 5 heterocycles. The van der Waals surface area contributed by atoms with E-state index in [0.29, 0.717) is 5.56 Å². The molecule has 0 spiro atoms. The number of nitrogens with zero attached hydrogens (tertiary/aromatic N) is 4. The molecular formula is C21H17ClF4N4O4. The zero-order valence-corrected chi connectivity index (χ0v) is 18.1. The molecule has 0 bridgehead atoms. The number of amides is 2. The van der Waals surface area contributed by atoms with Crippen molar-refractivity contribution in [3.05, 3.63) is 47.3 Å². The van der Waals surface area contributed by atoms with Gasteiger partial charge in [0.05, 0.1) is 37.2 Å². The highest BCUT2D eigenvalue weighted by Gasteiger charge is 2.41. The Bertz CT molecular complexity index is 1260. The van der Waals surface area contributed by atoms with Crippen LogP contribution in [0.25, 0.3) is 16.8 Å². The fourth-order valence-corrected chi connectivity index (χ4v) is 4.58. The van der Waals surface area contributed by atoms with E-state index in [1.54, 1.807) is 0 Å². The first-order valence-electron chi connectivity index (χ1n) is 10.3. The predicted octanol–water partition coefficient (Wildman–Crippen LogP) is 4.27. The molecule has 2 saturated heterocycles. The van der Waals surface area contributed by atoms with Crippen LogP contribution in [0.3, 0.4) is 0 Å². The number of piperidine rings is 1. The summed E-state index contributed by atoms with van der Waals surface area (Å²) in [5.41, 5.74) is -1.49. The monoisotopic (exact) mass is 500 g/mol. The third-order valence-corrected chi connectivity index (χ3v) is 6.37. The number of halogens is 5. The molecule has 2 aliphatic rings. The second kappa shape index (κ2) is 8.19. The normalized spacial score (nSPS) is 21.4. The Balaban J connectivity index is 1.48. The van der Waals surface area contributed by atoms with E-state index in [1.165, 1.54) is 29.7 Å². The number of likely N-dealkylation sites (tertiary alicyclic amines) is 1. The van der Waals surface area contributed by atoms with Gasteiger partial charge in [0.25, 0.3) is 5.91 Å². The number of ether oxygens (including phenoxy) is 1. The van der Waals surface area contributed by atoms with E-state index in [0.717, 1.165) is 15.4 Å². The number of hydrogen-bond donors (Lipinski definition) is 0. The second-order valence-electron chi connectivity index (χ2n) is 8.03. The highest BCUT2D eigenvalue weighted by Crippen LogP contribution is 2.37. The van der Waals surface area contributed by atoms with Crippen molar-refractivity contribution in [1.82, 2.24) is 19.2 Å². The van der Waals surface area contributed by atoms with Gasteiger partial charge in [-0.05, 0) is 18.6 Å². The van der Waals surface area contributed by atoms with Gasteiger partial charge in [0, 0.05) is 23.9 Å². The summed E-state index contributed by atoms with van der Waals surface area (Å²) < 4.78 is 67.1. The van der Waals surface area contributed by atoms with Gasteiger partial charge >= 0.3 is 12.3 Å². The average molecular weight is 501 g/mol. The molecule has 180 valence electrons. The Kier molecular flexibility index (Phi) is 5.42. The van der Waals surface area contributed by atoms with E-state index < -0.39 is 47.3 Å². The van der Waals surface area contributed by atoms with Crippen LogP contribution in [0, 0.1) is 0 Å². The van der Waals surface area contributed by atoms with E-state index >= 15 is 0 Å². The summed E-state index contributed by atoms with van der Waals surface area (Å²) in [5, 5.41) is -0.323. The molecule has 0 aromatic carbocycles. The van der Waals surface area contributed by atoms with Crippen molar-refractivity contribution in [1.29, 1.82) is 0 Å². The number of imidazole rings is 1. The van der Waals surface area contributed by atoms with E-state index in [-0.39, 0.29) is 43.4 Å². The molecule has 2 amide bonds. The van der Waals surface area contributed by atoms with Crippen LogP contribution < -0.4 is 0 Å². The first-order valence-corrected chi connectivity index (χ1v) is 10.7. The summed E-state index contributed by atoms with van der Waals surface area (Å²) in [5.74, 6) is -0.795. The molecule has 3 aromatic heterocycles. The van der Waals surface area contributed by atoms with Gasteiger partial charge in [0.15, 0.2) is 11.3 Å². The Labute approximate surface area is 194 Å². The minimum Gasteiger partial charge on any atom is -0.472 e. The van der Waals surface area contributed by atoms with Crippen molar-refractivity contribution in [3.8, 4) is 11.1 Å². The summed E-state index contributed by atoms with van der Waals surface area (Å²) in [6.45, 7) is 0.146. The molecule has 2 unspecified atom stereocenters. The molecule has 0 aliphatic carbocycles. The fourth-order valence-electron chi connectivity index (χ4n) is 4.33. The standard InChI is InChI=1S/C21H17ClF4N4O4/c22-17-16(19(31)28-3-1-15(14(23)9-28)29-4-6-34-20(29)32)27-18-13(21(24,25)26)7-12(8-30(17)18)11-2-5-33-10-11/h2,5,7-8,10,14-15H,1,3-4,6,9H2. The molecule has 0 saturated carbocycles. The lowest BCUT2D eigenvalue weighted by molar-refractivity contribution is -0.136. The Hall–Kier alpha value is -3.28. The molecule has 34 heavy (non-hydrogen) atoms. The number of carbonyl (C=O) groups excluding carboxylic acids is 2. The molecule has 13 heteroatoms. The van der Waals surface area contributed by atoms with Gasteiger partial charge in [-0.15, -0.1) is 0 Å². The third kappa shape index (κ3) is 3.75. The zero-order valence-electron chi connectivity index (χ0n) is 17.4. The van der Waals surface area contributed by atoms with Crippen molar-refractivity contribution in [2.45, 2.75) is 24.8 Å².